The minimum Gasteiger partial charge on any atom is -0.300 e. The summed E-state index contributed by atoms with van der Waals surface area (Å²) in [5, 5.41) is 0. The van der Waals surface area contributed by atoms with E-state index in [4.69, 9.17) is 5.84 Å². The summed E-state index contributed by atoms with van der Waals surface area (Å²) >= 11 is 0. The summed E-state index contributed by atoms with van der Waals surface area (Å²) in [5.41, 5.74) is 2.22. The lowest BCUT2D eigenvalue weighted by Gasteiger charge is -2.31. The van der Waals surface area contributed by atoms with Crippen molar-refractivity contribution >= 4 is 5.91 Å². The van der Waals surface area contributed by atoms with Crippen LogP contribution in [0.4, 0.5) is 0 Å². The van der Waals surface area contributed by atoms with Gasteiger partial charge >= 0.3 is 0 Å². The van der Waals surface area contributed by atoms with Crippen LogP contribution in [-0.4, -0.2) is 29.9 Å². The van der Waals surface area contributed by atoms with Gasteiger partial charge in [-0.25, -0.2) is 5.84 Å². The third kappa shape index (κ3) is 4.62. The minimum atomic E-state index is -0.0857. The summed E-state index contributed by atoms with van der Waals surface area (Å²) < 4.78 is 0. The molecule has 0 radical (unpaired) electrons. The molecule has 90 valence electrons. The number of hydrogen-bond acceptors (Lipinski definition) is 3. The summed E-state index contributed by atoms with van der Waals surface area (Å²) in [6.07, 6.45) is 2.36. The second-order valence-corrected chi connectivity index (χ2v) is 4.02. The maximum absolute atomic E-state index is 11.4. The van der Waals surface area contributed by atoms with E-state index in [0.717, 1.165) is 13.1 Å². The van der Waals surface area contributed by atoms with Crippen molar-refractivity contribution in [3.8, 4) is 0 Å². The Kier molecular flexibility index (Phi) is 7.34. The van der Waals surface area contributed by atoms with E-state index in [1.165, 1.54) is 12.8 Å². The quantitative estimate of drug-likeness (QED) is 0.380. The molecule has 4 heteroatoms. The Balaban J connectivity index is 4.23. The molecule has 0 aromatic carbocycles. The Labute approximate surface area is 93.2 Å². The molecule has 0 aromatic rings. The highest BCUT2D eigenvalue weighted by atomic mass is 16.2. The average molecular weight is 215 g/mol. The van der Waals surface area contributed by atoms with Crippen LogP contribution in [0.1, 0.15) is 40.5 Å². The fourth-order valence-electron chi connectivity index (χ4n) is 1.68. The molecule has 0 fully saturated rings. The smallest absolute Gasteiger partial charge is 0.238 e. The molecule has 0 heterocycles. The van der Waals surface area contributed by atoms with Gasteiger partial charge in [-0.05, 0) is 26.4 Å². The monoisotopic (exact) mass is 215 g/mol. The fourth-order valence-corrected chi connectivity index (χ4v) is 1.68. The number of hydrazine groups is 1. The van der Waals surface area contributed by atoms with Crippen molar-refractivity contribution in [3.63, 3.8) is 0 Å². The zero-order valence-electron chi connectivity index (χ0n) is 10.4. The minimum absolute atomic E-state index is 0.0631. The molecule has 1 amide bonds. The van der Waals surface area contributed by atoms with Crippen LogP contribution < -0.4 is 11.3 Å². The van der Waals surface area contributed by atoms with Crippen molar-refractivity contribution in [1.82, 2.24) is 10.3 Å². The maximum atomic E-state index is 11.4. The number of nitrogens with one attached hydrogen (secondary N) is 1. The normalized spacial score (nSPS) is 15.1. The van der Waals surface area contributed by atoms with Crippen molar-refractivity contribution in [2.45, 2.75) is 46.6 Å². The van der Waals surface area contributed by atoms with Crippen LogP contribution in [0.15, 0.2) is 0 Å². The SMILES string of the molecule is CCCCN(CC)C(C)C(C)C(=O)NN. The van der Waals surface area contributed by atoms with Crippen LogP contribution in [0.25, 0.3) is 0 Å². The lowest BCUT2D eigenvalue weighted by molar-refractivity contribution is -0.126. The summed E-state index contributed by atoms with van der Waals surface area (Å²) in [5.74, 6) is 4.99. The Hall–Kier alpha value is -0.610. The van der Waals surface area contributed by atoms with Gasteiger partial charge in [-0.1, -0.05) is 27.2 Å². The molecule has 3 N–H and O–H groups in total. The molecular formula is C11H25N3O. The number of unbranched alkanes of at least 4 members (excludes halogenated alkanes) is 1. The molecule has 0 aliphatic rings. The van der Waals surface area contributed by atoms with Crippen LogP contribution in [0.3, 0.4) is 0 Å². The van der Waals surface area contributed by atoms with E-state index >= 15 is 0 Å². The van der Waals surface area contributed by atoms with E-state index < -0.39 is 0 Å². The summed E-state index contributed by atoms with van der Waals surface area (Å²) in [7, 11) is 0. The lowest BCUT2D eigenvalue weighted by atomic mass is 10.0. The van der Waals surface area contributed by atoms with E-state index in [1.807, 2.05) is 6.92 Å². The number of rotatable bonds is 7. The van der Waals surface area contributed by atoms with Crippen LogP contribution >= 0.6 is 0 Å². The van der Waals surface area contributed by atoms with Crippen molar-refractivity contribution in [2.75, 3.05) is 13.1 Å². The first-order valence-electron chi connectivity index (χ1n) is 5.82. The molecule has 0 spiro atoms. The van der Waals surface area contributed by atoms with Gasteiger partial charge in [0.1, 0.15) is 0 Å². The highest BCUT2D eigenvalue weighted by Gasteiger charge is 2.23. The van der Waals surface area contributed by atoms with E-state index in [2.05, 4.69) is 31.1 Å². The molecular weight excluding hydrogens is 190 g/mol. The molecule has 15 heavy (non-hydrogen) atoms. The fraction of sp³-hybridized carbons (Fsp3) is 0.909. The van der Waals surface area contributed by atoms with Crippen LogP contribution in [0.2, 0.25) is 0 Å². The number of carbonyl (C=O) groups excluding carboxylic acids is 1. The first-order chi connectivity index (χ1) is 7.08. The first kappa shape index (κ1) is 14.4. The average Bonchev–Trinajstić information content (AvgIpc) is 2.27. The van der Waals surface area contributed by atoms with Gasteiger partial charge in [-0.3, -0.25) is 10.2 Å². The highest BCUT2D eigenvalue weighted by molar-refractivity contribution is 5.78. The predicted octanol–water partition coefficient (Wildman–Crippen LogP) is 1.12. The van der Waals surface area contributed by atoms with E-state index in [-0.39, 0.29) is 17.9 Å². The van der Waals surface area contributed by atoms with Crippen LogP contribution in [0, 0.1) is 5.92 Å². The Morgan fingerprint density at radius 2 is 2.00 bits per heavy atom. The molecule has 0 saturated carbocycles. The van der Waals surface area contributed by atoms with Gasteiger partial charge in [-0.15, -0.1) is 0 Å². The largest absolute Gasteiger partial charge is 0.300 e. The highest BCUT2D eigenvalue weighted by Crippen LogP contribution is 2.11. The molecule has 0 saturated heterocycles. The standard InChI is InChI=1S/C11H25N3O/c1-5-7-8-14(6-2)10(4)9(3)11(15)13-12/h9-10H,5-8,12H2,1-4H3,(H,13,15). The maximum Gasteiger partial charge on any atom is 0.238 e. The van der Waals surface area contributed by atoms with Crippen LogP contribution in [0.5, 0.6) is 0 Å². The van der Waals surface area contributed by atoms with Gasteiger partial charge in [0.05, 0.1) is 5.92 Å². The van der Waals surface area contributed by atoms with Crippen molar-refractivity contribution in [3.05, 3.63) is 0 Å². The second kappa shape index (κ2) is 7.65. The summed E-state index contributed by atoms with van der Waals surface area (Å²) in [6.45, 7) is 10.3. The molecule has 2 unspecified atom stereocenters. The Bertz CT molecular complexity index is 185. The Morgan fingerprint density at radius 3 is 2.40 bits per heavy atom. The second-order valence-electron chi connectivity index (χ2n) is 4.02. The molecule has 0 bridgehead atoms. The van der Waals surface area contributed by atoms with Crippen molar-refractivity contribution in [2.24, 2.45) is 11.8 Å². The predicted molar refractivity (Wildman–Crippen MR) is 63.1 cm³/mol. The zero-order valence-corrected chi connectivity index (χ0v) is 10.4. The van der Waals surface area contributed by atoms with Gasteiger partial charge in [0, 0.05) is 6.04 Å². The van der Waals surface area contributed by atoms with Crippen molar-refractivity contribution < 1.29 is 4.79 Å². The zero-order chi connectivity index (χ0) is 11.8. The van der Waals surface area contributed by atoms with E-state index in [9.17, 15) is 4.79 Å². The summed E-state index contributed by atoms with van der Waals surface area (Å²) in [4.78, 5) is 13.7. The van der Waals surface area contributed by atoms with Gasteiger partial charge in [0.2, 0.25) is 5.91 Å². The van der Waals surface area contributed by atoms with Crippen LogP contribution in [-0.2, 0) is 4.79 Å². The molecule has 0 aromatic heterocycles. The Morgan fingerprint density at radius 1 is 1.40 bits per heavy atom. The third-order valence-electron chi connectivity index (χ3n) is 3.06. The molecule has 0 aliphatic carbocycles. The topological polar surface area (TPSA) is 58.4 Å². The van der Waals surface area contributed by atoms with Crippen molar-refractivity contribution in [1.29, 1.82) is 0 Å². The molecule has 4 nitrogen and oxygen atoms in total. The van der Waals surface area contributed by atoms with Gasteiger partial charge in [0.15, 0.2) is 0 Å². The third-order valence-corrected chi connectivity index (χ3v) is 3.06. The number of nitrogens with zero attached hydrogens (tertiary/aromatic N) is 1. The number of hydrogen-bond donors (Lipinski definition) is 2. The molecule has 0 rings (SSSR count). The number of carbonyl (C=O) groups is 1. The lowest BCUT2D eigenvalue weighted by Crippen LogP contribution is -2.46. The van der Waals surface area contributed by atoms with E-state index in [1.54, 1.807) is 0 Å². The van der Waals surface area contributed by atoms with Gasteiger partial charge < -0.3 is 4.90 Å². The molecule has 0 aliphatic heterocycles. The number of nitrogens with two attached hydrogens (primary N) is 1. The molecule has 2 atom stereocenters. The summed E-state index contributed by atoms with van der Waals surface area (Å²) in [6, 6.07) is 0.241. The van der Waals surface area contributed by atoms with Gasteiger partial charge in [0.25, 0.3) is 0 Å². The van der Waals surface area contributed by atoms with Gasteiger partial charge in [-0.2, -0.15) is 0 Å². The number of amides is 1. The first-order valence-corrected chi connectivity index (χ1v) is 5.82. The van der Waals surface area contributed by atoms with E-state index in [0.29, 0.717) is 0 Å².